The van der Waals surface area contributed by atoms with E-state index in [-0.39, 0.29) is 12.6 Å². The van der Waals surface area contributed by atoms with Crippen molar-refractivity contribution in [3.63, 3.8) is 0 Å². The number of imidazole rings is 1. The van der Waals surface area contributed by atoms with Gasteiger partial charge in [0.25, 0.3) is 5.82 Å². The molecule has 0 radical (unpaired) electrons. The van der Waals surface area contributed by atoms with Crippen LogP contribution in [0.15, 0.2) is 36.7 Å². The highest BCUT2D eigenvalue weighted by Gasteiger charge is 2.17. The molecule has 0 saturated heterocycles. The standard InChI is InChI=1S/C43H79N2O3/c1-3-5-7-9-11-13-15-17-19-21-22-24-26-28-30-32-34-42-44(38-40-46)36-37-45(42)39-41-48-43(47)35-33-31-29-27-25-23-20-18-16-14-12-10-8-6-4-2/h17-20,36-37,46H,3-16,21-35,38-41H2,1-2H3/q+1/b19-17-,20-18-. The van der Waals surface area contributed by atoms with Crippen LogP contribution in [0.5, 0.6) is 0 Å². The van der Waals surface area contributed by atoms with Crippen molar-refractivity contribution in [2.24, 2.45) is 0 Å². The molecule has 1 heterocycles. The van der Waals surface area contributed by atoms with Crippen molar-refractivity contribution in [1.29, 1.82) is 0 Å². The van der Waals surface area contributed by atoms with Crippen LogP contribution in [0.1, 0.15) is 199 Å². The number of nitrogens with zero attached hydrogens (tertiary/aromatic N) is 2. The van der Waals surface area contributed by atoms with Crippen molar-refractivity contribution >= 4 is 5.97 Å². The summed E-state index contributed by atoms with van der Waals surface area (Å²) in [7, 11) is 0. The van der Waals surface area contributed by atoms with Crippen LogP contribution in [-0.2, 0) is 29.0 Å². The Morgan fingerprint density at radius 3 is 1.56 bits per heavy atom. The van der Waals surface area contributed by atoms with Gasteiger partial charge in [0.15, 0.2) is 0 Å². The minimum Gasteiger partial charge on any atom is -0.461 e. The van der Waals surface area contributed by atoms with Gasteiger partial charge in [-0.1, -0.05) is 147 Å². The number of aliphatic hydroxyl groups is 1. The van der Waals surface area contributed by atoms with E-state index in [9.17, 15) is 9.90 Å². The van der Waals surface area contributed by atoms with Gasteiger partial charge >= 0.3 is 5.97 Å². The van der Waals surface area contributed by atoms with E-state index in [1.54, 1.807) is 0 Å². The third-order valence-corrected chi connectivity index (χ3v) is 9.58. The second kappa shape index (κ2) is 35.0. The highest BCUT2D eigenvalue weighted by molar-refractivity contribution is 5.69. The number of hydrogen-bond donors (Lipinski definition) is 1. The highest BCUT2D eigenvalue weighted by Crippen LogP contribution is 2.13. The zero-order valence-electron chi connectivity index (χ0n) is 32.0. The van der Waals surface area contributed by atoms with Gasteiger partial charge in [-0.15, -0.1) is 0 Å². The number of aliphatic hydroxyl groups excluding tert-OH is 1. The third kappa shape index (κ3) is 27.0. The molecule has 0 spiro atoms. The largest absolute Gasteiger partial charge is 0.461 e. The van der Waals surface area contributed by atoms with E-state index < -0.39 is 0 Å². The van der Waals surface area contributed by atoms with E-state index in [4.69, 9.17) is 4.74 Å². The highest BCUT2D eigenvalue weighted by atomic mass is 16.5. The molecule has 0 aliphatic carbocycles. The molecular weight excluding hydrogens is 592 g/mol. The van der Waals surface area contributed by atoms with Crippen LogP contribution in [0.2, 0.25) is 0 Å². The quantitative estimate of drug-likeness (QED) is 0.0334. The molecule has 1 N–H and O–H groups in total. The number of esters is 1. The number of unbranched alkanes of at least 4 members (excludes halogenated alkanes) is 23. The van der Waals surface area contributed by atoms with Crippen molar-refractivity contribution in [3.05, 3.63) is 42.5 Å². The number of carbonyl (C=O) groups is 1. The summed E-state index contributed by atoms with van der Waals surface area (Å²) in [5.41, 5.74) is 0. The molecule has 0 unspecified atom stereocenters. The number of ether oxygens (including phenoxy) is 1. The molecule has 1 rings (SSSR count). The first-order valence-electron chi connectivity index (χ1n) is 20.9. The van der Waals surface area contributed by atoms with E-state index in [2.05, 4.69) is 59.7 Å². The zero-order chi connectivity index (χ0) is 34.6. The van der Waals surface area contributed by atoms with Gasteiger partial charge in [-0.05, 0) is 64.2 Å². The van der Waals surface area contributed by atoms with Crippen LogP contribution in [0.4, 0.5) is 0 Å². The molecule has 0 atom stereocenters. The fourth-order valence-electron chi connectivity index (χ4n) is 6.50. The Kier molecular flexibility index (Phi) is 32.2. The number of aromatic nitrogens is 2. The van der Waals surface area contributed by atoms with Crippen molar-refractivity contribution < 1.29 is 19.2 Å². The Hall–Kier alpha value is -1.88. The van der Waals surface area contributed by atoms with Crippen LogP contribution in [0.25, 0.3) is 0 Å². The monoisotopic (exact) mass is 672 g/mol. The van der Waals surface area contributed by atoms with Gasteiger partial charge in [0.05, 0.1) is 6.61 Å². The molecule has 0 aromatic carbocycles. The Morgan fingerprint density at radius 1 is 0.646 bits per heavy atom. The summed E-state index contributed by atoms with van der Waals surface area (Å²) in [6.07, 6.45) is 50.0. The lowest BCUT2D eigenvalue weighted by Crippen LogP contribution is -2.39. The van der Waals surface area contributed by atoms with Crippen LogP contribution in [0, 0.1) is 0 Å². The Morgan fingerprint density at radius 2 is 1.08 bits per heavy atom. The van der Waals surface area contributed by atoms with Gasteiger partial charge in [-0.3, -0.25) is 4.79 Å². The second-order valence-electron chi connectivity index (χ2n) is 14.1. The van der Waals surface area contributed by atoms with Gasteiger partial charge in [0.1, 0.15) is 32.1 Å². The maximum Gasteiger partial charge on any atom is 0.305 e. The average Bonchev–Trinajstić information content (AvgIpc) is 3.47. The van der Waals surface area contributed by atoms with E-state index in [1.807, 2.05) is 0 Å². The Bertz CT molecular complexity index is 891. The van der Waals surface area contributed by atoms with Crippen molar-refractivity contribution in [1.82, 2.24) is 4.57 Å². The number of allylic oxidation sites excluding steroid dienone is 4. The van der Waals surface area contributed by atoms with Crippen LogP contribution in [-0.4, -0.2) is 28.9 Å². The molecular formula is C43H79N2O3+. The smallest absolute Gasteiger partial charge is 0.305 e. The molecule has 0 fully saturated rings. The maximum atomic E-state index is 12.3. The van der Waals surface area contributed by atoms with E-state index in [1.165, 1.54) is 160 Å². The lowest BCUT2D eigenvalue weighted by atomic mass is 10.1. The van der Waals surface area contributed by atoms with Crippen LogP contribution < -0.4 is 4.57 Å². The molecule has 1 aromatic rings. The lowest BCUT2D eigenvalue weighted by molar-refractivity contribution is -0.705. The average molecular weight is 672 g/mol. The molecule has 1 aromatic heterocycles. The maximum absolute atomic E-state index is 12.3. The molecule has 0 amide bonds. The summed E-state index contributed by atoms with van der Waals surface area (Å²) in [4.78, 5) is 12.3. The van der Waals surface area contributed by atoms with Crippen LogP contribution in [0.3, 0.4) is 0 Å². The van der Waals surface area contributed by atoms with Gasteiger partial charge in [-0.2, -0.15) is 0 Å². The van der Waals surface area contributed by atoms with E-state index in [0.29, 0.717) is 26.1 Å². The molecule has 0 aliphatic heterocycles. The summed E-state index contributed by atoms with van der Waals surface area (Å²) in [5, 5.41) is 9.54. The Labute approximate surface area is 298 Å². The van der Waals surface area contributed by atoms with Crippen molar-refractivity contribution in [2.75, 3.05) is 13.2 Å². The third-order valence-electron chi connectivity index (χ3n) is 9.58. The summed E-state index contributed by atoms with van der Waals surface area (Å²) >= 11 is 0. The van der Waals surface area contributed by atoms with Gasteiger partial charge in [0.2, 0.25) is 0 Å². The lowest BCUT2D eigenvalue weighted by Gasteiger charge is -2.07. The predicted molar refractivity (Wildman–Crippen MR) is 205 cm³/mol. The molecule has 5 nitrogen and oxygen atoms in total. The van der Waals surface area contributed by atoms with Gasteiger partial charge < -0.3 is 9.84 Å². The van der Waals surface area contributed by atoms with Crippen LogP contribution >= 0.6 is 0 Å². The summed E-state index contributed by atoms with van der Waals surface area (Å²) < 4.78 is 9.96. The fraction of sp³-hybridized carbons (Fsp3) is 0.814. The zero-order valence-corrected chi connectivity index (χ0v) is 32.0. The molecule has 278 valence electrons. The summed E-state index contributed by atoms with van der Waals surface area (Å²) in [6.45, 7) is 6.40. The van der Waals surface area contributed by atoms with Crippen molar-refractivity contribution in [3.8, 4) is 0 Å². The van der Waals surface area contributed by atoms with E-state index in [0.717, 1.165) is 25.7 Å². The number of hydrogen-bond acceptors (Lipinski definition) is 3. The first-order chi connectivity index (χ1) is 23.7. The van der Waals surface area contributed by atoms with Gasteiger partial charge in [-0.25, -0.2) is 9.13 Å². The van der Waals surface area contributed by atoms with Crippen molar-refractivity contribution in [2.45, 2.75) is 213 Å². The molecule has 0 aliphatic rings. The topological polar surface area (TPSA) is 55.3 Å². The predicted octanol–water partition coefficient (Wildman–Crippen LogP) is 11.9. The number of rotatable bonds is 36. The first-order valence-corrected chi connectivity index (χ1v) is 20.9. The second-order valence-corrected chi connectivity index (χ2v) is 14.1. The minimum atomic E-state index is -0.0714. The normalized spacial score (nSPS) is 11.8. The van der Waals surface area contributed by atoms with E-state index >= 15 is 0 Å². The first kappa shape index (κ1) is 44.1. The number of carbonyl (C=O) groups excluding carboxylic acids is 1. The molecule has 48 heavy (non-hydrogen) atoms. The molecule has 5 heteroatoms. The minimum absolute atomic E-state index is 0.0714. The summed E-state index contributed by atoms with van der Waals surface area (Å²) in [5.74, 6) is 1.16. The molecule has 0 bridgehead atoms. The fourth-order valence-corrected chi connectivity index (χ4v) is 6.50. The Balaban J connectivity index is 2.07. The van der Waals surface area contributed by atoms with Gasteiger partial charge in [0, 0.05) is 12.8 Å². The SMILES string of the molecule is CCCCCCCC/C=C\CCCCCCCCc1n(CCOC(=O)CCCCCCC/C=C\CCCCCCCC)cc[n+]1CCO. The summed E-state index contributed by atoms with van der Waals surface area (Å²) in [6, 6.07) is 0. The molecule has 0 saturated carbocycles.